The van der Waals surface area contributed by atoms with Crippen LogP contribution in [0.3, 0.4) is 0 Å². The van der Waals surface area contributed by atoms with Crippen LogP contribution in [0.4, 0.5) is 16.0 Å². The average molecular weight is 439 g/mol. The Hall–Kier alpha value is -3.37. The molecular formula is C21H22N6O3S. The first-order valence-electron chi connectivity index (χ1n) is 9.95. The molecule has 1 N–H and O–H groups in total. The molecule has 1 amide bonds. The molecule has 0 spiro atoms. The molecule has 2 aromatic carbocycles. The van der Waals surface area contributed by atoms with Crippen LogP contribution in [0.2, 0.25) is 0 Å². The minimum Gasteiger partial charge on any atom is -0.344 e. The number of hydrogen-bond acceptors (Lipinski definition) is 8. The number of carbonyl (C=O) groups excluding carboxylic acids is 1. The zero-order valence-electron chi connectivity index (χ0n) is 16.8. The Labute approximate surface area is 183 Å². The van der Waals surface area contributed by atoms with Crippen molar-refractivity contribution < 1.29 is 9.72 Å². The van der Waals surface area contributed by atoms with E-state index in [-0.39, 0.29) is 16.5 Å². The van der Waals surface area contributed by atoms with Crippen LogP contribution in [0, 0.1) is 10.1 Å². The topological polar surface area (TPSA) is 104 Å². The maximum absolute atomic E-state index is 12.2. The third-order valence-corrected chi connectivity index (χ3v) is 5.94. The van der Waals surface area contributed by atoms with Gasteiger partial charge in [0.2, 0.25) is 16.2 Å². The number of piperazine rings is 1. The van der Waals surface area contributed by atoms with Crippen molar-refractivity contribution in [1.82, 2.24) is 15.1 Å². The van der Waals surface area contributed by atoms with E-state index in [1.165, 1.54) is 17.4 Å². The zero-order chi connectivity index (χ0) is 21.6. The monoisotopic (exact) mass is 438 g/mol. The molecule has 1 aromatic heterocycles. The molecule has 0 saturated carbocycles. The predicted molar refractivity (Wildman–Crippen MR) is 119 cm³/mol. The van der Waals surface area contributed by atoms with E-state index in [2.05, 4.69) is 25.3 Å². The molecule has 0 aliphatic carbocycles. The Morgan fingerprint density at radius 2 is 1.77 bits per heavy atom. The van der Waals surface area contributed by atoms with Crippen LogP contribution in [0.1, 0.15) is 11.1 Å². The van der Waals surface area contributed by atoms with Crippen LogP contribution in [0.25, 0.3) is 0 Å². The third-order valence-electron chi connectivity index (χ3n) is 5.04. The SMILES string of the molecule is O=C(Cc1ccccc1)Nc1nnc(N2CCN(Cc3cccc([N+](=O)[O-])c3)CC2)s1. The predicted octanol–water partition coefficient (Wildman–Crippen LogP) is 2.95. The van der Waals surface area contributed by atoms with E-state index in [9.17, 15) is 14.9 Å². The third kappa shape index (κ3) is 5.62. The fraction of sp³-hybridized carbons (Fsp3) is 0.286. The minimum atomic E-state index is -0.368. The lowest BCUT2D eigenvalue weighted by atomic mass is 10.1. The molecule has 4 rings (SSSR count). The zero-order valence-corrected chi connectivity index (χ0v) is 17.6. The van der Waals surface area contributed by atoms with Crippen molar-refractivity contribution in [3.63, 3.8) is 0 Å². The molecule has 31 heavy (non-hydrogen) atoms. The number of nitro groups is 1. The van der Waals surface area contributed by atoms with Gasteiger partial charge in [-0.25, -0.2) is 0 Å². The Balaban J connectivity index is 1.27. The molecule has 0 bridgehead atoms. The first-order chi connectivity index (χ1) is 15.1. The van der Waals surface area contributed by atoms with Crippen molar-refractivity contribution in [2.75, 3.05) is 36.4 Å². The molecule has 0 atom stereocenters. The number of nitro benzene ring substituents is 1. The summed E-state index contributed by atoms with van der Waals surface area (Å²) in [5.41, 5.74) is 2.00. The lowest BCUT2D eigenvalue weighted by Crippen LogP contribution is -2.45. The molecule has 10 heteroatoms. The number of carbonyl (C=O) groups is 1. The highest BCUT2D eigenvalue weighted by Gasteiger charge is 2.21. The molecule has 1 aliphatic rings. The number of amides is 1. The van der Waals surface area contributed by atoms with E-state index in [1.807, 2.05) is 36.4 Å². The summed E-state index contributed by atoms with van der Waals surface area (Å²) >= 11 is 1.37. The second kappa shape index (κ2) is 9.63. The van der Waals surface area contributed by atoms with Gasteiger partial charge in [-0.05, 0) is 11.1 Å². The van der Waals surface area contributed by atoms with Crippen molar-refractivity contribution in [2.45, 2.75) is 13.0 Å². The molecule has 2 heterocycles. The molecule has 0 radical (unpaired) electrons. The summed E-state index contributed by atoms with van der Waals surface area (Å²) in [6.07, 6.45) is 0.298. The second-order valence-electron chi connectivity index (χ2n) is 7.29. The van der Waals surface area contributed by atoms with E-state index in [0.717, 1.165) is 42.4 Å². The van der Waals surface area contributed by atoms with Gasteiger partial charge in [0, 0.05) is 44.9 Å². The normalized spacial score (nSPS) is 14.4. The summed E-state index contributed by atoms with van der Waals surface area (Å²) < 4.78 is 0. The second-order valence-corrected chi connectivity index (χ2v) is 8.25. The largest absolute Gasteiger partial charge is 0.344 e. The first kappa shape index (κ1) is 20.9. The first-order valence-corrected chi connectivity index (χ1v) is 10.8. The Bertz CT molecular complexity index is 1050. The Morgan fingerprint density at radius 1 is 1.03 bits per heavy atom. The lowest BCUT2D eigenvalue weighted by Gasteiger charge is -2.34. The summed E-state index contributed by atoms with van der Waals surface area (Å²) in [4.78, 5) is 27.2. The van der Waals surface area contributed by atoms with Gasteiger partial charge in [-0.15, -0.1) is 10.2 Å². The summed E-state index contributed by atoms with van der Waals surface area (Å²) in [6, 6.07) is 16.3. The number of benzene rings is 2. The van der Waals surface area contributed by atoms with Gasteiger partial charge in [-0.2, -0.15) is 0 Å². The van der Waals surface area contributed by atoms with Crippen molar-refractivity contribution in [3.05, 3.63) is 75.8 Å². The fourth-order valence-corrected chi connectivity index (χ4v) is 4.28. The molecule has 1 saturated heterocycles. The number of rotatable bonds is 7. The highest BCUT2D eigenvalue weighted by atomic mass is 32.1. The molecular weight excluding hydrogens is 416 g/mol. The van der Waals surface area contributed by atoms with Crippen LogP contribution < -0.4 is 10.2 Å². The lowest BCUT2D eigenvalue weighted by molar-refractivity contribution is -0.384. The molecule has 3 aromatic rings. The van der Waals surface area contributed by atoms with Gasteiger partial charge >= 0.3 is 0 Å². The van der Waals surface area contributed by atoms with Gasteiger partial charge < -0.3 is 10.2 Å². The van der Waals surface area contributed by atoms with Gasteiger partial charge in [0.05, 0.1) is 11.3 Å². The fourth-order valence-electron chi connectivity index (χ4n) is 3.46. The highest BCUT2D eigenvalue weighted by molar-refractivity contribution is 7.19. The molecule has 9 nitrogen and oxygen atoms in total. The number of aromatic nitrogens is 2. The Morgan fingerprint density at radius 3 is 2.52 bits per heavy atom. The molecule has 1 fully saturated rings. The molecule has 0 unspecified atom stereocenters. The van der Waals surface area contributed by atoms with Gasteiger partial charge in [0.25, 0.3) is 5.69 Å². The number of nitrogens with zero attached hydrogens (tertiary/aromatic N) is 5. The van der Waals surface area contributed by atoms with Crippen molar-refractivity contribution in [2.24, 2.45) is 0 Å². The quantitative estimate of drug-likeness (QED) is 0.447. The number of nitrogens with one attached hydrogen (secondary N) is 1. The van der Waals surface area contributed by atoms with E-state index in [0.29, 0.717) is 18.1 Å². The van der Waals surface area contributed by atoms with E-state index >= 15 is 0 Å². The molecule has 160 valence electrons. The highest BCUT2D eigenvalue weighted by Crippen LogP contribution is 2.25. The standard InChI is InChI=1S/C21H22N6O3S/c28-19(14-16-5-2-1-3-6-16)22-20-23-24-21(31-20)26-11-9-25(10-12-26)15-17-7-4-8-18(13-17)27(29)30/h1-8,13H,9-12,14-15H2,(H,22,23,28). The number of hydrogen-bond donors (Lipinski definition) is 1. The van der Waals surface area contributed by atoms with Gasteiger partial charge in [-0.3, -0.25) is 19.8 Å². The van der Waals surface area contributed by atoms with Gasteiger partial charge in [-0.1, -0.05) is 53.8 Å². The van der Waals surface area contributed by atoms with Crippen LogP contribution in [0.15, 0.2) is 54.6 Å². The minimum absolute atomic E-state index is 0.115. The summed E-state index contributed by atoms with van der Waals surface area (Å²) in [5.74, 6) is -0.115. The summed E-state index contributed by atoms with van der Waals surface area (Å²) in [6.45, 7) is 3.87. The van der Waals surface area contributed by atoms with Crippen molar-refractivity contribution in [3.8, 4) is 0 Å². The van der Waals surface area contributed by atoms with Crippen LogP contribution >= 0.6 is 11.3 Å². The number of anilines is 2. The number of non-ortho nitro benzene ring substituents is 1. The van der Waals surface area contributed by atoms with Crippen molar-refractivity contribution in [1.29, 1.82) is 0 Å². The average Bonchev–Trinajstić information content (AvgIpc) is 3.23. The van der Waals surface area contributed by atoms with Crippen LogP contribution in [-0.2, 0) is 17.8 Å². The van der Waals surface area contributed by atoms with E-state index < -0.39 is 0 Å². The maximum Gasteiger partial charge on any atom is 0.269 e. The van der Waals surface area contributed by atoms with Gasteiger partial charge in [0.15, 0.2) is 0 Å². The van der Waals surface area contributed by atoms with Gasteiger partial charge in [0.1, 0.15) is 0 Å². The Kier molecular flexibility index (Phi) is 6.48. The molecule has 1 aliphatic heterocycles. The van der Waals surface area contributed by atoms with E-state index in [1.54, 1.807) is 12.1 Å². The van der Waals surface area contributed by atoms with Crippen LogP contribution in [0.5, 0.6) is 0 Å². The maximum atomic E-state index is 12.2. The summed E-state index contributed by atoms with van der Waals surface area (Å²) in [7, 11) is 0. The van der Waals surface area contributed by atoms with Crippen molar-refractivity contribution >= 4 is 33.2 Å². The van der Waals surface area contributed by atoms with E-state index in [4.69, 9.17) is 0 Å². The smallest absolute Gasteiger partial charge is 0.269 e. The van der Waals surface area contributed by atoms with Crippen LogP contribution in [-0.4, -0.2) is 52.1 Å². The summed E-state index contributed by atoms with van der Waals surface area (Å²) in [5, 5.41) is 23.4.